The third-order valence-corrected chi connectivity index (χ3v) is 6.69. The van der Waals surface area contributed by atoms with Gasteiger partial charge in [0.1, 0.15) is 23.1 Å². The fourth-order valence-corrected chi connectivity index (χ4v) is 4.74. The van der Waals surface area contributed by atoms with E-state index in [0.717, 1.165) is 11.6 Å². The average Bonchev–Trinajstić information content (AvgIpc) is 3.15. The predicted octanol–water partition coefficient (Wildman–Crippen LogP) is 6.81. The number of hydrogen-bond acceptors (Lipinski definition) is 5. The van der Waals surface area contributed by atoms with Crippen LogP contribution in [-0.4, -0.2) is 30.5 Å². The van der Waals surface area contributed by atoms with Crippen molar-refractivity contribution in [2.75, 3.05) is 18.6 Å². The topological polar surface area (TPSA) is 76.1 Å². The highest BCUT2D eigenvalue weighted by molar-refractivity contribution is 6.51. The van der Waals surface area contributed by atoms with Gasteiger partial charge in [0.25, 0.3) is 11.7 Å². The van der Waals surface area contributed by atoms with Gasteiger partial charge in [0.15, 0.2) is 0 Å². The number of ketones is 1. The van der Waals surface area contributed by atoms with Crippen molar-refractivity contribution in [1.82, 2.24) is 0 Å². The van der Waals surface area contributed by atoms with E-state index >= 15 is 0 Å². The second-order valence-electron chi connectivity index (χ2n) is 9.94. The molecule has 8 heteroatoms. The van der Waals surface area contributed by atoms with Crippen LogP contribution in [0.25, 0.3) is 5.76 Å². The number of hydrogen-bond donors (Lipinski definition) is 1. The molecule has 3 aromatic carbocycles. The summed E-state index contributed by atoms with van der Waals surface area (Å²) in [4.78, 5) is 28.1. The molecule has 1 N–H and O–H groups in total. The van der Waals surface area contributed by atoms with Crippen molar-refractivity contribution in [2.45, 2.75) is 39.2 Å². The lowest BCUT2D eigenvalue weighted by Gasteiger charge is -2.26. The van der Waals surface area contributed by atoms with Gasteiger partial charge in [-0.15, -0.1) is 0 Å². The Kier molecular flexibility index (Phi) is 7.51. The van der Waals surface area contributed by atoms with E-state index in [2.05, 4.69) is 0 Å². The summed E-state index contributed by atoms with van der Waals surface area (Å²) in [6, 6.07) is 14.8. The lowest BCUT2D eigenvalue weighted by molar-refractivity contribution is -0.132. The summed E-state index contributed by atoms with van der Waals surface area (Å²) in [5.74, 6) is -1.57. The van der Waals surface area contributed by atoms with E-state index in [4.69, 9.17) is 21.1 Å². The molecule has 6 nitrogen and oxygen atoms in total. The molecular formula is C30H29ClFNO5. The van der Waals surface area contributed by atoms with Crippen LogP contribution in [-0.2, 0) is 15.0 Å². The molecule has 0 radical (unpaired) electrons. The summed E-state index contributed by atoms with van der Waals surface area (Å²) in [5, 5.41) is 11.4. The maximum atomic E-state index is 13.9. The first kappa shape index (κ1) is 27.2. The number of anilines is 1. The van der Waals surface area contributed by atoms with Crippen molar-refractivity contribution < 1.29 is 28.6 Å². The van der Waals surface area contributed by atoms with Gasteiger partial charge >= 0.3 is 0 Å². The molecule has 1 atom stereocenters. The smallest absolute Gasteiger partial charge is 0.300 e. The van der Waals surface area contributed by atoms with E-state index in [1.54, 1.807) is 42.5 Å². The third kappa shape index (κ3) is 4.98. The van der Waals surface area contributed by atoms with Crippen molar-refractivity contribution in [3.05, 3.63) is 93.8 Å². The molecule has 0 aliphatic carbocycles. The molecule has 0 bridgehead atoms. The van der Waals surface area contributed by atoms with Crippen LogP contribution in [0.1, 0.15) is 50.4 Å². The fraction of sp³-hybridized carbons (Fsp3) is 0.267. The van der Waals surface area contributed by atoms with Crippen molar-refractivity contribution >= 4 is 34.7 Å². The molecule has 1 aliphatic heterocycles. The number of aliphatic hydroxyl groups excluding tert-OH is 1. The predicted molar refractivity (Wildman–Crippen MR) is 145 cm³/mol. The maximum absolute atomic E-state index is 13.9. The molecule has 0 spiro atoms. The van der Waals surface area contributed by atoms with Crippen LogP contribution >= 0.6 is 11.6 Å². The number of benzene rings is 3. The summed E-state index contributed by atoms with van der Waals surface area (Å²) in [6.45, 7) is 8.40. The first-order valence-corrected chi connectivity index (χ1v) is 12.5. The molecule has 1 fully saturated rings. The summed E-state index contributed by atoms with van der Waals surface area (Å²) in [5.41, 5.74) is 1.50. The van der Waals surface area contributed by atoms with Crippen LogP contribution < -0.4 is 14.4 Å². The van der Waals surface area contributed by atoms with Gasteiger partial charge in [-0.25, -0.2) is 4.39 Å². The minimum Gasteiger partial charge on any atom is -0.507 e. The number of halogens is 2. The Balaban J connectivity index is 1.97. The Labute approximate surface area is 226 Å². The van der Waals surface area contributed by atoms with Gasteiger partial charge in [-0.1, -0.05) is 44.5 Å². The van der Waals surface area contributed by atoms with E-state index < -0.39 is 23.5 Å². The number of carbonyl (C=O) groups is 2. The number of rotatable bonds is 6. The first-order chi connectivity index (χ1) is 18.0. The summed E-state index contributed by atoms with van der Waals surface area (Å²) < 4.78 is 25.1. The van der Waals surface area contributed by atoms with Gasteiger partial charge in [-0.2, -0.15) is 0 Å². The molecule has 1 aliphatic rings. The van der Waals surface area contributed by atoms with Crippen molar-refractivity contribution in [3.8, 4) is 11.5 Å². The Morgan fingerprint density at radius 3 is 2.45 bits per heavy atom. The molecular weight excluding hydrogens is 509 g/mol. The normalized spacial score (nSPS) is 17.1. The highest BCUT2D eigenvalue weighted by Gasteiger charge is 2.47. The van der Waals surface area contributed by atoms with Crippen molar-refractivity contribution in [2.24, 2.45) is 0 Å². The van der Waals surface area contributed by atoms with E-state index in [-0.39, 0.29) is 27.5 Å². The van der Waals surface area contributed by atoms with E-state index in [9.17, 15) is 19.1 Å². The maximum Gasteiger partial charge on any atom is 0.300 e. The average molecular weight is 538 g/mol. The van der Waals surface area contributed by atoms with Crippen LogP contribution in [0, 0.1) is 5.82 Å². The van der Waals surface area contributed by atoms with Crippen LogP contribution in [0.4, 0.5) is 10.1 Å². The molecule has 198 valence electrons. The molecule has 1 unspecified atom stereocenters. The number of Topliss-reactive ketones (excluding diaryl/α,β-unsaturated/α-hetero) is 1. The second kappa shape index (κ2) is 10.5. The zero-order valence-electron chi connectivity index (χ0n) is 21.8. The Morgan fingerprint density at radius 1 is 1.08 bits per heavy atom. The summed E-state index contributed by atoms with van der Waals surface area (Å²) in [6.07, 6.45) is 0. The van der Waals surface area contributed by atoms with E-state index in [1.165, 1.54) is 24.1 Å². The van der Waals surface area contributed by atoms with Crippen molar-refractivity contribution in [1.29, 1.82) is 0 Å². The molecule has 1 heterocycles. The van der Waals surface area contributed by atoms with Crippen LogP contribution in [0.2, 0.25) is 5.02 Å². The largest absolute Gasteiger partial charge is 0.507 e. The van der Waals surface area contributed by atoms with Crippen LogP contribution in [0.3, 0.4) is 0 Å². The molecule has 1 amide bonds. The number of methoxy groups -OCH3 is 1. The number of carbonyl (C=O) groups excluding carboxylic acids is 2. The Hall–Kier alpha value is -3.84. The number of aliphatic hydroxyl groups is 1. The van der Waals surface area contributed by atoms with E-state index in [0.29, 0.717) is 29.2 Å². The zero-order chi connectivity index (χ0) is 27.8. The lowest BCUT2D eigenvalue weighted by atomic mass is 9.84. The van der Waals surface area contributed by atoms with Crippen LogP contribution in [0.15, 0.2) is 66.2 Å². The van der Waals surface area contributed by atoms with Gasteiger partial charge in [0.2, 0.25) is 0 Å². The quantitative estimate of drug-likeness (QED) is 0.212. The molecule has 3 aromatic rings. The fourth-order valence-electron chi connectivity index (χ4n) is 4.56. The highest BCUT2D eigenvalue weighted by Crippen LogP contribution is 2.44. The zero-order valence-corrected chi connectivity index (χ0v) is 22.6. The summed E-state index contributed by atoms with van der Waals surface area (Å²) in [7, 11) is 1.50. The highest BCUT2D eigenvalue weighted by atomic mass is 35.5. The van der Waals surface area contributed by atoms with Gasteiger partial charge in [0.05, 0.1) is 30.4 Å². The molecule has 0 saturated carbocycles. The molecule has 0 aromatic heterocycles. The minimum absolute atomic E-state index is 0.104. The van der Waals surface area contributed by atoms with Crippen molar-refractivity contribution in [3.63, 3.8) is 0 Å². The SMILES string of the molecule is CCOc1ccc(/C(O)=C2/C(=O)C(=O)N(c3ccc(F)c(Cl)c3)C2c2cccc(OC)c2)cc1C(C)(C)C. The lowest BCUT2D eigenvalue weighted by Crippen LogP contribution is -2.29. The second-order valence-corrected chi connectivity index (χ2v) is 10.3. The van der Waals surface area contributed by atoms with Gasteiger partial charge in [0, 0.05) is 16.8 Å². The Morgan fingerprint density at radius 2 is 1.82 bits per heavy atom. The van der Waals surface area contributed by atoms with Gasteiger partial charge < -0.3 is 14.6 Å². The molecule has 38 heavy (non-hydrogen) atoms. The first-order valence-electron chi connectivity index (χ1n) is 12.2. The molecule has 1 saturated heterocycles. The standard InChI is InChI=1S/C30H29ClFNO5/c1-6-38-24-13-10-18(15-21(24)30(2,3)4)27(34)25-26(17-8-7-9-20(14-17)37-5)33(29(36)28(25)35)19-11-12-23(32)22(31)16-19/h7-16,26,34H,6H2,1-5H3/b27-25-. The molecule has 4 rings (SSSR count). The monoisotopic (exact) mass is 537 g/mol. The van der Waals surface area contributed by atoms with E-state index in [1.807, 2.05) is 27.7 Å². The Bertz CT molecular complexity index is 1440. The minimum atomic E-state index is -1.02. The van der Waals surface area contributed by atoms with Crippen LogP contribution in [0.5, 0.6) is 11.5 Å². The number of ether oxygens (including phenoxy) is 2. The van der Waals surface area contributed by atoms with Gasteiger partial charge in [-0.3, -0.25) is 14.5 Å². The number of amides is 1. The number of nitrogens with zero attached hydrogens (tertiary/aromatic N) is 1. The van der Waals surface area contributed by atoms with Gasteiger partial charge in [-0.05, 0) is 66.4 Å². The summed E-state index contributed by atoms with van der Waals surface area (Å²) >= 11 is 6.02. The third-order valence-electron chi connectivity index (χ3n) is 6.40.